The van der Waals surface area contributed by atoms with E-state index in [4.69, 9.17) is 4.74 Å². The summed E-state index contributed by atoms with van der Waals surface area (Å²) in [6, 6.07) is 9.50. The second-order valence-electron chi connectivity index (χ2n) is 6.24. The molecule has 0 atom stereocenters. The number of carbonyl (C=O) groups is 2. The molecule has 0 saturated heterocycles. The maximum Gasteiger partial charge on any atom is 0.337 e. The van der Waals surface area contributed by atoms with E-state index in [0.29, 0.717) is 11.6 Å². The van der Waals surface area contributed by atoms with E-state index in [2.05, 4.69) is 16.8 Å². The number of esters is 1. The first-order valence-corrected chi connectivity index (χ1v) is 8.15. The van der Waals surface area contributed by atoms with Crippen LogP contribution in [0, 0.1) is 13.8 Å². The molecule has 1 N–H and O–H groups in total. The second-order valence-corrected chi connectivity index (χ2v) is 6.24. The van der Waals surface area contributed by atoms with Gasteiger partial charge in [-0.15, -0.1) is 0 Å². The molecule has 0 spiro atoms. The first-order chi connectivity index (χ1) is 11.5. The van der Waals surface area contributed by atoms with Crippen molar-refractivity contribution in [3.8, 4) is 0 Å². The monoisotopic (exact) mass is 326 g/mol. The van der Waals surface area contributed by atoms with Gasteiger partial charge in [0.15, 0.2) is 5.78 Å². The van der Waals surface area contributed by atoms with E-state index in [1.54, 1.807) is 18.2 Å². The number of hydrogen-bond donors (Lipinski definition) is 1. The van der Waals surface area contributed by atoms with E-state index in [-0.39, 0.29) is 12.3 Å². The molecule has 1 saturated carbocycles. The van der Waals surface area contributed by atoms with Crippen LogP contribution in [0.2, 0.25) is 0 Å². The maximum absolute atomic E-state index is 12.6. The zero-order chi connectivity index (χ0) is 17.3. The Labute approximate surface area is 141 Å². The first kappa shape index (κ1) is 16.3. The average molecular weight is 326 g/mol. The molecule has 0 unspecified atom stereocenters. The number of hydrogen-bond acceptors (Lipinski definition) is 4. The predicted octanol–water partition coefficient (Wildman–Crippen LogP) is 3.52. The lowest BCUT2D eigenvalue weighted by Crippen LogP contribution is -2.15. The molecule has 5 heteroatoms. The summed E-state index contributed by atoms with van der Waals surface area (Å²) in [4.78, 5) is 24.1. The number of anilines is 1. The van der Waals surface area contributed by atoms with Gasteiger partial charge in [0.05, 0.1) is 19.2 Å². The molecule has 2 aromatic rings. The van der Waals surface area contributed by atoms with Crippen molar-refractivity contribution in [2.24, 2.45) is 0 Å². The largest absolute Gasteiger partial charge is 0.465 e. The highest BCUT2D eigenvalue weighted by Gasteiger charge is 2.28. The Hall–Kier alpha value is -2.56. The minimum Gasteiger partial charge on any atom is -0.465 e. The lowest BCUT2D eigenvalue weighted by atomic mass is 10.1. The van der Waals surface area contributed by atoms with Gasteiger partial charge in [0.2, 0.25) is 0 Å². The van der Waals surface area contributed by atoms with Crippen molar-refractivity contribution in [3.05, 3.63) is 52.8 Å². The molecule has 24 heavy (non-hydrogen) atoms. The fourth-order valence-corrected chi connectivity index (χ4v) is 3.11. The molecule has 126 valence electrons. The third-order valence-corrected chi connectivity index (χ3v) is 4.43. The Balaban J connectivity index is 1.70. The average Bonchev–Trinajstić information content (AvgIpc) is 3.37. The number of benzene rings is 1. The van der Waals surface area contributed by atoms with E-state index in [0.717, 1.165) is 22.6 Å². The number of methoxy groups -OCH3 is 1. The molecule has 1 fully saturated rings. The van der Waals surface area contributed by atoms with Gasteiger partial charge >= 0.3 is 5.97 Å². The number of nitrogens with one attached hydrogen (secondary N) is 1. The SMILES string of the molecule is COC(=O)c1cccc(NCC(=O)c2cc(C)n(C3CC3)c2C)c1. The normalized spacial score (nSPS) is 13.6. The molecule has 1 aromatic carbocycles. The van der Waals surface area contributed by atoms with Gasteiger partial charge in [-0.25, -0.2) is 4.79 Å². The molecule has 1 aliphatic carbocycles. The van der Waals surface area contributed by atoms with Crippen LogP contribution in [-0.4, -0.2) is 30.0 Å². The Bertz CT molecular complexity index is 788. The summed E-state index contributed by atoms with van der Waals surface area (Å²) in [6.07, 6.45) is 2.39. The molecule has 0 bridgehead atoms. The molecule has 5 nitrogen and oxygen atoms in total. The Morgan fingerprint density at radius 2 is 2.00 bits per heavy atom. The fourth-order valence-electron chi connectivity index (χ4n) is 3.11. The summed E-state index contributed by atoms with van der Waals surface area (Å²) < 4.78 is 6.98. The van der Waals surface area contributed by atoms with Crippen molar-refractivity contribution in [1.82, 2.24) is 4.57 Å². The van der Waals surface area contributed by atoms with E-state index in [1.165, 1.54) is 20.0 Å². The summed E-state index contributed by atoms with van der Waals surface area (Å²) >= 11 is 0. The summed E-state index contributed by atoms with van der Waals surface area (Å²) in [5, 5.41) is 3.10. The highest BCUT2D eigenvalue weighted by atomic mass is 16.5. The number of aryl methyl sites for hydroxylation is 1. The van der Waals surface area contributed by atoms with Crippen LogP contribution < -0.4 is 5.32 Å². The van der Waals surface area contributed by atoms with Crippen molar-refractivity contribution < 1.29 is 14.3 Å². The lowest BCUT2D eigenvalue weighted by molar-refractivity contribution is 0.0600. The van der Waals surface area contributed by atoms with Gasteiger partial charge < -0.3 is 14.6 Å². The van der Waals surface area contributed by atoms with Gasteiger partial charge in [0.1, 0.15) is 0 Å². The van der Waals surface area contributed by atoms with Crippen LogP contribution in [0.25, 0.3) is 0 Å². The van der Waals surface area contributed by atoms with Crippen LogP contribution in [0.3, 0.4) is 0 Å². The molecular weight excluding hydrogens is 304 g/mol. The van der Waals surface area contributed by atoms with E-state index in [9.17, 15) is 9.59 Å². The highest BCUT2D eigenvalue weighted by Crippen LogP contribution is 2.38. The summed E-state index contributed by atoms with van der Waals surface area (Å²) in [5.41, 5.74) is 4.15. The van der Waals surface area contributed by atoms with E-state index < -0.39 is 5.97 Å². The molecule has 0 aliphatic heterocycles. The van der Waals surface area contributed by atoms with Gasteiger partial charge in [-0.1, -0.05) is 6.07 Å². The van der Waals surface area contributed by atoms with Gasteiger partial charge in [-0.2, -0.15) is 0 Å². The fraction of sp³-hybridized carbons (Fsp3) is 0.368. The number of nitrogens with zero attached hydrogens (tertiary/aromatic N) is 1. The smallest absolute Gasteiger partial charge is 0.337 e. The molecular formula is C19H22N2O3. The molecule has 1 aliphatic rings. The first-order valence-electron chi connectivity index (χ1n) is 8.15. The van der Waals surface area contributed by atoms with Crippen molar-refractivity contribution in [3.63, 3.8) is 0 Å². The van der Waals surface area contributed by atoms with Crippen molar-refractivity contribution in [1.29, 1.82) is 0 Å². The summed E-state index contributed by atoms with van der Waals surface area (Å²) in [5.74, 6) is -0.337. The lowest BCUT2D eigenvalue weighted by Gasteiger charge is -2.09. The topological polar surface area (TPSA) is 60.3 Å². The van der Waals surface area contributed by atoms with Crippen LogP contribution in [0.5, 0.6) is 0 Å². The highest BCUT2D eigenvalue weighted by molar-refractivity contribution is 6.00. The minimum atomic E-state index is -0.391. The Morgan fingerprint density at radius 1 is 1.25 bits per heavy atom. The second kappa shape index (κ2) is 6.51. The Morgan fingerprint density at radius 3 is 2.67 bits per heavy atom. The molecule has 1 aromatic heterocycles. The molecule has 3 rings (SSSR count). The number of ether oxygens (including phenoxy) is 1. The van der Waals surface area contributed by atoms with Crippen LogP contribution >= 0.6 is 0 Å². The molecule has 0 amide bonds. The number of Topliss-reactive ketones (excluding diaryl/α,β-unsaturated/α-hetero) is 1. The van der Waals surface area contributed by atoms with E-state index >= 15 is 0 Å². The van der Waals surface area contributed by atoms with Crippen LogP contribution in [0.1, 0.15) is 51.0 Å². The standard InChI is InChI=1S/C19H22N2O3/c1-12-9-17(13(2)21(12)16-7-8-16)18(22)11-20-15-6-4-5-14(10-15)19(23)24-3/h4-6,9-10,16,20H,7-8,11H2,1-3H3. The van der Waals surface area contributed by atoms with Gasteiger partial charge in [0.25, 0.3) is 0 Å². The van der Waals surface area contributed by atoms with Crippen molar-refractivity contribution >= 4 is 17.4 Å². The minimum absolute atomic E-state index is 0.0541. The number of carbonyl (C=O) groups excluding carboxylic acids is 2. The molecule has 1 heterocycles. The summed E-state index contributed by atoms with van der Waals surface area (Å²) in [7, 11) is 1.35. The zero-order valence-corrected chi connectivity index (χ0v) is 14.3. The quantitative estimate of drug-likeness (QED) is 0.652. The third-order valence-electron chi connectivity index (χ3n) is 4.43. The third kappa shape index (κ3) is 3.20. The number of aromatic nitrogens is 1. The zero-order valence-electron chi connectivity index (χ0n) is 14.3. The van der Waals surface area contributed by atoms with Gasteiger partial charge in [-0.05, 0) is 51.0 Å². The van der Waals surface area contributed by atoms with Crippen LogP contribution in [0.15, 0.2) is 30.3 Å². The van der Waals surface area contributed by atoms with Crippen molar-refractivity contribution in [2.75, 3.05) is 19.0 Å². The Kier molecular flexibility index (Phi) is 4.42. The maximum atomic E-state index is 12.6. The van der Waals surface area contributed by atoms with Crippen LogP contribution in [-0.2, 0) is 4.74 Å². The van der Waals surface area contributed by atoms with Gasteiger partial charge in [0, 0.05) is 28.7 Å². The van der Waals surface area contributed by atoms with Gasteiger partial charge in [-0.3, -0.25) is 4.79 Å². The molecule has 0 radical (unpaired) electrons. The number of rotatable bonds is 6. The summed E-state index contributed by atoms with van der Waals surface area (Å²) in [6.45, 7) is 4.26. The van der Waals surface area contributed by atoms with Crippen molar-refractivity contribution in [2.45, 2.75) is 32.7 Å². The predicted molar refractivity (Wildman–Crippen MR) is 92.8 cm³/mol. The van der Waals surface area contributed by atoms with Crippen LogP contribution in [0.4, 0.5) is 5.69 Å². The van der Waals surface area contributed by atoms with E-state index in [1.807, 2.05) is 19.1 Å². The number of ketones is 1.